The van der Waals surface area contributed by atoms with Gasteiger partial charge in [-0.25, -0.2) is 24.2 Å². The highest BCUT2D eigenvalue weighted by Gasteiger charge is 2.53. The fourth-order valence-corrected chi connectivity index (χ4v) is 2.27. The van der Waals surface area contributed by atoms with Crippen molar-refractivity contribution in [3.05, 3.63) is 0 Å². The maximum Gasteiger partial charge on any atom is 0.495 e. The summed E-state index contributed by atoms with van der Waals surface area (Å²) in [5, 5.41) is 9.24. The molecule has 0 fully saturated rings. The molecular weight excluding hydrogens is 419 g/mol. The normalized spacial score (nSPS) is 16.9. The summed E-state index contributed by atoms with van der Waals surface area (Å²) in [4.78, 5) is 66.3. The Hall–Kier alpha value is -2.58. The van der Waals surface area contributed by atoms with Gasteiger partial charge in [-0.1, -0.05) is 27.7 Å². The molecule has 11 nitrogen and oxygen atoms in total. The van der Waals surface area contributed by atoms with Crippen LogP contribution < -0.4 is 17.2 Å². The Bertz CT molecular complexity index is 725. The van der Waals surface area contributed by atoms with Crippen molar-refractivity contribution in [3.8, 4) is 0 Å². The minimum Gasteiger partial charge on any atom is -0.480 e. The largest absolute Gasteiger partial charge is 0.495 e. The predicted octanol–water partition coefficient (Wildman–Crippen LogP) is -0.803. The van der Waals surface area contributed by atoms with Crippen LogP contribution in [0.5, 0.6) is 0 Å². The molecule has 0 radical (unpaired) electrons. The third-order valence-electron chi connectivity index (χ3n) is 4.55. The van der Waals surface area contributed by atoms with Gasteiger partial charge in [-0.2, -0.15) is 13.2 Å². The number of nitrogens with two attached hydrogens (primary N) is 3. The highest BCUT2D eigenvalue weighted by Crippen LogP contribution is 2.24. The summed E-state index contributed by atoms with van der Waals surface area (Å²) in [5.74, 6) is -11.0. The maximum atomic E-state index is 12.6. The second-order valence-electron chi connectivity index (χ2n) is 7.19. The fourth-order valence-electron chi connectivity index (χ4n) is 2.27. The molecule has 0 bridgehead atoms. The van der Waals surface area contributed by atoms with Gasteiger partial charge >= 0.3 is 24.1 Å². The third-order valence-corrected chi connectivity index (χ3v) is 4.55. The van der Waals surface area contributed by atoms with Crippen LogP contribution in [0.4, 0.5) is 13.2 Å². The Morgan fingerprint density at radius 1 is 0.867 bits per heavy atom. The van der Waals surface area contributed by atoms with Crippen LogP contribution in [0.2, 0.25) is 0 Å². The lowest BCUT2D eigenvalue weighted by molar-refractivity contribution is -0.288. The maximum absolute atomic E-state index is 12.6. The van der Waals surface area contributed by atoms with Gasteiger partial charge in [0.2, 0.25) is 0 Å². The van der Waals surface area contributed by atoms with Crippen molar-refractivity contribution >= 4 is 29.5 Å². The van der Waals surface area contributed by atoms with Crippen LogP contribution in [0.25, 0.3) is 0 Å². The molecule has 30 heavy (non-hydrogen) atoms. The van der Waals surface area contributed by atoms with E-state index in [9.17, 15) is 42.3 Å². The molecule has 0 amide bonds. The summed E-state index contributed by atoms with van der Waals surface area (Å²) in [5.41, 5.74) is 11.8. The SMILES string of the molecule is CC(C)[C@](N)(C(=O)O)C(=O)CC(N)C(=O)[C@@](N)(C(=O)OOC(=O)C(F)(F)F)C(C)C. The Morgan fingerprint density at radius 2 is 1.27 bits per heavy atom. The monoisotopic (exact) mass is 443 g/mol. The molecule has 0 spiro atoms. The van der Waals surface area contributed by atoms with Crippen molar-refractivity contribution in [3.63, 3.8) is 0 Å². The molecule has 0 saturated heterocycles. The van der Waals surface area contributed by atoms with Crippen LogP contribution in [0, 0.1) is 11.8 Å². The van der Waals surface area contributed by atoms with Crippen molar-refractivity contribution in [2.24, 2.45) is 29.0 Å². The molecule has 0 aromatic heterocycles. The van der Waals surface area contributed by atoms with Crippen LogP contribution in [0.15, 0.2) is 0 Å². The van der Waals surface area contributed by atoms with Gasteiger partial charge in [-0.15, -0.1) is 0 Å². The number of alkyl halides is 3. The molecule has 3 atom stereocenters. The predicted molar refractivity (Wildman–Crippen MR) is 92.0 cm³/mol. The van der Waals surface area contributed by atoms with Crippen LogP contribution in [0.1, 0.15) is 34.1 Å². The molecule has 14 heteroatoms. The molecule has 0 rings (SSSR count). The van der Waals surface area contributed by atoms with Crippen molar-refractivity contribution < 1.29 is 52.0 Å². The summed E-state index contributed by atoms with van der Waals surface area (Å²) in [6.45, 7) is 5.09. The summed E-state index contributed by atoms with van der Waals surface area (Å²) in [6.07, 6.45) is -6.43. The van der Waals surface area contributed by atoms with E-state index in [2.05, 4.69) is 9.78 Å². The van der Waals surface area contributed by atoms with E-state index in [0.717, 1.165) is 0 Å². The zero-order valence-electron chi connectivity index (χ0n) is 16.6. The van der Waals surface area contributed by atoms with Gasteiger partial charge in [-0.05, 0) is 11.8 Å². The first-order chi connectivity index (χ1) is 13.3. The van der Waals surface area contributed by atoms with Crippen molar-refractivity contribution in [2.45, 2.75) is 57.4 Å². The second-order valence-corrected chi connectivity index (χ2v) is 7.19. The summed E-state index contributed by atoms with van der Waals surface area (Å²) < 4.78 is 36.4. The van der Waals surface area contributed by atoms with E-state index >= 15 is 0 Å². The van der Waals surface area contributed by atoms with Crippen molar-refractivity contribution in [1.82, 2.24) is 0 Å². The van der Waals surface area contributed by atoms with Crippen LogP contribution in [0.3, 0.4) is 0 Å². The van der Waals surface area contributed by atoms with Gasteiger partial charge in [0.1, 0.15) is 0 Å². The number of carbonyl (C=O) groups is 5. The van der Waals surface area contributed by atoms with Gasteiger partial charge in [0, 0.05) is 6.42 Å². The number of carboxylic acids is 1. The van der Waals surface area contributed by atoms with Crippen LogP contribution >= 0.6 is 0 Å². The lowest BCUT2D eigenvalue weighted by Crippen LogP contribution is -2.65. The van der Waals surface area contributed by atoms with E-state index in [-0.39, 0.29) is 0 Å². The van der Waals surface area contributed by atoms with Crippen LogP contribution in [-0.2, 0) is 33.7 Å². The average Bonchev–Trinajstić information content (AvgIpc) is 2.61. The Labute approximate surface area is 168 Å². The lowest BCUT2D eigenvalue weighted by atomic mass is 9.76. The van der Waals surface area contributed by atoms with Gasteiger partial charge in [-0.3, -0.25) is 9.59 Å². The van der Waals surface area contributed by atoms with E-state index in [1.807, 2.05) is 0 Å². The number of rotatable bonds is 9. The highest BCUT2D eigenvalue weighted by atomic mass is 19.4. The quantitative estimate of drug-likeness (QED) is 0.197. The fraction of sp³-hybridized carbons (Fsp3) is 0.688. The molecule has 0 saturated carbocycles. The molecule has 0 aromatic carbocycles. The van der Waals surface area contributed by atoms with Gasteiger partial charge in [0.05, 0.1) is 6.04 Å². The minimum atomic E-state index is -5.49. The first-order valence-electron chi connectivity index (χ1n) is 8.48. The molecule has 1 unspecified atom stereocenters. The molecule has 0 aromatic rings. The van der Waals surface area contributed by atoms with Gasteiger partial charge in [0.15, 0.2) is 22.6 Å². The molecule has 0 aliphatic carbocycles. The Morgan fingerprint density at radius 3 is 1.60 bits per heavy atom. The van der Waals surface area contributed by atoms with E-state index in [4.69, 9.17) is 17.2 Å². The number of Topliss-reactive ketones (excluding diaryl/α,β-unsaturated/α-hetero) is 2. The summed E-state index contributed by atoms with van der Waals surface area (Å²) in [7, 11) is 0. The number of carboxylic acid groups (broad SMARTS) is 1. The number of ketones is 2. The van der Waals surface area contributed by atoms with E-state index < -0.39 is 71.0 Å². The second kappa shape index (κ2) is 9.49. The molecule has 0 aliphatic heterocycles. The number of hydrogen-bond donors (Lipinski definition) is 4. The van der Waals surface area contributed by atoms with E-state index in [1.165, 1.54) is 27.7 Å². The first-order valence-corrected chi connectivity index (χ1v) is 8.48. The average molecular weight is 443 g/mol. The standard InChI is InChI=1S/C16H24F3N3O8/c1-6(2)14(21,11(25)26)9(23)5-8(20)10(24)15(22,7(3)4)12(27)29-30-13(28)16(17,18)19/h6-8H,5,20-22H2,1-4H3,(H,25,26)/t8?,14-,15-/m1/s1. The zero-order chi connectivity index (χ0) is 24.2. The number of halogens is 3. The topological polar surface area (TPSA) is 202 Å². The van der Waals surface area contributed by atoms with Gasteiger partial charge < -0.3 is 22.3 Å². The third kappa shape index (κ3) is 5.52. The molecule has 7 N–H and O–H groups in total. The minimum absolute atomic E-state index is 0.899. The van der Waals surface area contributed by atoms with Crippen LogP contribution in [-0.4, -0.2) is 57.9 Å². The number of hydrogen-bond acceptors (Lipinski definition) is 10. The number of carbonyl (C=O) groups excluding carboxylic acids is 4. The van der Waals surface area contributed by atoms with E-state index in [1.54, 1.807) is 0 Å². The van der Waals surface area contributed by atoms with Crippen molar-refractivity contribution in [2.75, 3.05) is 0 Å². The Balaban J connectivity index is 5.62. The van der Waals surface area contributed by atoms with Crippen molar-refractivity contribution in [1.29, 1.82) is 0 Å². The smallest absolute Gasteiger partial charge is 0.480 e. The highest BCUT2D eigenvalue weighted by molar-refractivity contribution is 6.14. The van der Waals surface area contributed by atoms with E-state index in [0.29, 0.717) is 0 Å². The lowest BCUT2D eigenvalue weighted by Gasteiger charge is -2.32. The number of aliphatic carboxylic acids is 1. The summed E-state index contributed by atoms with van der Waals surface area (Å²) >= 11 is 0. The zero-order valence-corrected chi connectivity index (χ0v) is 16.6. The summed E-state index contributed by atoms with van der Waals surface area (Å²) in [6, 6.07) is -1.86. The molecule has 172 valence electrons. The molecule has 0 heterocycles. The Kier molecular flexibility index (Phi) is 8.67. The molecule has 0 aliphatic rings. The molecular formula is C16H24F3N3O8. The van der Waals surface area contributed by atoms with Gasteiger partial charge in [0.25, 0.3) is 0 Å². The first kappa shape index (κ1) is 27.4.